The van der Waals surface area contributed by atoms with Gasteiger partial charge in [-0.15, -0.1) is 0 Å². The molecule has 0 atom stereocenters. The fourth-order valence-corrected chi connectivity index (χ4v) is 1.91. The molecule has 1 heterocycles. The highest BCUT2D eigenvalue weighted by molar-refractivity contribution is 6.24. The number of anilines is 1. The fourth-order valence-electron chi connectivity index (χ4n) is 1.91. The van der Waals surface area contributed by atoms with E-state index in [2.05, 4.69) is 10.2 Å². The van der Waals surface area contributed by atoms with Crippen LogP contribution in [0.3, 0.4) is 0 Å². The van der Waals surface area contributed by atoms with E-state index in [0.717, 1.165) is 5.56 Å². The van der Waals surface area contributed by atoms with Crippen LogP contribution in [-0.2, 0) is 0 Å². The predicted octanol–water partition coefficient (Wildman–Crippen LogP) is 2.83. The average molecular weight is 242 g/mol. The third-order valence-electron chi connectivity index (χ3n) is 3.00. The van der Waals surface area contributed by atoms with Gasteiger partial charge in [0, 0.05) is 5.69 Å². The van der Waals surface area contributed by atoms with Crippen LogP contribution < -0.4 is 10.2 Å². The van der Waals surface area contributed by atoms with Gasteiger partial charge in [-0.3, -0.25) is 5.41 Å². The molecule has 2 amide bonds. The number of carbonyl (C=O) groups is 1. The van der Waals surface area contributed by atoms with E-state index in [0.29, 0.717) is 11.4 Å². The summed E-state index contributed by atoms with van der Waals surface area (Å²) in [4.78, 5) is 16.6. The minimum atomic E-state index is -0.663. The first kappa shape index (κ1) is 12.1. The largest absolute Gasteiger partial charge is 0.328 e. The number of nitrogens with one attached hydrogen (secondary N) is 2. The molecule has 0 bridgehead atoms. The van der Waals surface area contributed by atoms with Crippen LogP contribution in [0.1, 0.15) is 19.4 Å². The van der Waals surface area contributed by atoms with Crippen LogP contribution in [-0.4, -0.2) is 17.4 Å². The zero-order valence-corrected chi connectivity index (χ0v) is 10.5. The number of amidine groups is 1. The molecule has 5 heteroatoms. The third-order valence-corrected chi connectivity index (χ3v) is 3.00. The van der Waals surface area contributed by atoms with Crippen LogP contribution in [0, 0.1) is 18.9 Å². The number of nitrogens with zero attached hydrogens (tertiary/aromatic N) is 2. The van der Waals surface area contributed by atoms with Crippen molar-refractivity contribution in [3.05, 3.63) is 35.2 Å². The number of carbonyl (C=O) groups excluding carboxylic acids is 1. The van der Waals surface area contributed by atoms with Crippen LogP contribution in [0.25, 0.3) is 4.85 Å². The van der Waals surface area contributed by atoms with E-state index in [1.807, 2.05) is 6.92 Å². The summed E-state index contributed by atoms with van der Waals surface area (Å²) in [6, 6.07) is 4.81. The van der Waals surface area contributed by atoms with Crippen LogP contribution in [0.15, 0.2) is 18.2 Å². The summed E-state index contributed by atoms with van der Waals surface area (Å²) in [6.07, 6.45) is 0. The molecule has 2 rings (SSSR count). The second-order valence-corrected chi connectivity index (χ2v) is 4.82. The first-order valence-corrected chi connectivity index (χ1v) is 5.56. The average Bonchev–Trinajstić information content (AvgIpc) is 2.48. The van der Waals surface area contributed by atoms with Crippen LogP contribution in [0.5, 0.6) is 0 Å². The Morgan fingerprint density at radius 3 is 2.56 bits per heavy atom. The van der Waals surface area contributed by atoms with Crippen molar-refractivity contribution in [2.45, 2.75) is 26.3 Å². The SMILES string of the molecule is [C-]#[N+]c1ccc(N2C(=N)C(C)(C)NC2=O)cc1C. The van der Waals surface area contributed by atoms with Crippen molar-refractivity contribution in [3.63, 3.8) is 0 Å². The molecule has 0 unspecified atom stereocenters. The van der Waals surface area contributed by atoms with Gasteiger partial charge in [-0.25, -0.2) is 14.5 Å². The first-order chi connectivity index (χ1) is 8.36. The van der Waals surface area contributed by atoms with Crippen LogP contribution in [0.4, 0.5) is 16.2 Å². The molecular formula is C13H14N4O. The highest BCUT2D eigenvalue weighted by Crippen LogP contribution is 2.29. The normalized spacial score (nSPS) is 17.6. The van der Waals surface area contributed by atoms with Crippen molar-refractivity contribution in [2.24, 2.45) is 0 Å². The van der Waals surface area contributed by atoms with Gasteiger partial charge in [0.15, 0.2) is 5.69 Å². The summed E-state index contributed by atoms with van der Waals surface area (Å²) in [5, 5.41) is 10.8. The van der Waals surface area contributed by atoms with Crippen molar-refractivity contribution < 1.29 is 4.79 Å². The second kappa shape index (κ2) is 3.84. The van der Waals surface area contributed by atoms with Crippen molar-refractivity contribution in [1.29, 1.82) is 5.41 Å². The molecule has 1 aliphatic heterocycles. The molecule has 1 aromatic rings. The first-order valence-electron chi connectivity index (χ1n) is 5.56. The lowest BCUT2D eigenvalue weighted by Crippen LogP contribution is -2.39. The molecule has 92 valence electrons. The van der Waals surface area contributed by atoms with E-state index >= 15 is 0 Å². The Bertz CT molecular complexity index is 583. The fraction of sp³-hybridized carbons (Fsp3) is 0.308. The molecule has 1 aromatic carbocycles. The maximum absolute atomic E-state index is 11.9. The van der Waals surface area contributed by atoms with Crippen LogP contribution >= 0.6 is 0 Å². The highest BCUT2D eigenvalue weighted by Gasteiger charge is 2.41. The van der Waals surface area contributed by atoms with Gasteiger partial charge < -0.3 is 5.32 Å². The standard InChI is InChI=1S/C13H14N4O/c1-8-7-9(5-6-10(8)15-4)17-11(14)13(2,3)16-12(17)18/h5-7,14H,1-3H3,(H,16,18). The van der Waals surface area contributed by atoms with Crippen LogP contribution in [0.2, 0.25) is 0 Å². The summed E-state index contributed by atoms with van der Waals surface area (Å²) >= 11 is 0. The van der Waals surface area contributed by atoms with Crippen molar-refractivity contribution in [3.8, 4) is 0 Å². The Morgan fingerprint density at radius 2 is 2.11 bits per heavy atom. The summed E-state index contributed by atoms with van der Waals surface area (Å²) in [6.45, 7) is 12.4. The molecule has 0 aromatic heterocycles. The number of aryl methyl sites for hydroxylation is 1. The zero-order chi connectivity index (χ0) is 13.5. The number of benzene rings is 1. The zero-order valence-electron chi connectivity index (χ0n) is 10.5. The van der Waals surface area contributed by atoms with Gasteiger partial charge in [0.2, 0.25) is 0 Å². The van der Waals surface area contributed by atoms with Gasteiger partial charge in [-0.1, -0.05) is 6.07 Å². The molecule has 1 aliphatic rings. The lowest BCUT2D eigenvalue weighted by atomic mass is 10.1. The van der Waals surface area contributed by atoms with Gasteiger partial charge in [-0.2, -0.15) is 0 Å². The number of amides is 2. The Morgan fingerprint density at radius 1 is 1.44 bits per heavy atom. The molecule has 0 aliphatic carbocycles. The second-order valence-electron chi connectivity index (χ2n) is 4.82. The van der Waals surface area contributed by atoms with E-state index in [1.165, 1.54) is 4.90 Å². The maximum atomic E-state index is 11.9. The Kier molecular flexibility index (Phi) is 2.59. The number of hydrogen-bond acceptors (Lipinski definition) is 2. The third kappa shape index (κ3) is 1.72. The molecule has 0 radical (unpaired) electrons. The van der Waals surface area contributed by atoms with Gasteiger partial charge in [-0.05, 0) is 38.5 Å². The molecule has 1 saturated heterocycles. The predicted molar refractivity (Wildman–Crippen MR) is 70.3 cm³/mol. The van der Waals surface area contributed by atoms with Crippen molar-refractivity contribution >= 4 is 23.2 Å². The van der Waals surface area contributed by atoms with Gasteiger partial charge in [0.25, 0.3) is 0 Å². The highest BCUT2D eigenvalue weighted by atomic mass is 16.2. The molecule has 1 fully saturated rings. The monoisotopic (exact) mass is 242 g/mol. The van der Waals surface area contributed by atoms with E-state index < -0.39 is 5.54 Å². The maximum Gasteiger partial charge on any atom is 0.328 e. The Hall–Kier alpha value is -2.35. The van der Waals surface area contributed by atoms with E-state index in [4.69, 9.17) is 12.0 Å². The number of hydrogen-bond donors (Lipinski definition) is 2. The summed E-state index contributed by atoms with van der Waals surface area (Å²) < 4.78 is 0. The van der Waals surface area contributed by atoms with Gasteiger partial charge in [0.05, 0.1) is 12.1 Å². The quantitative estimate of drug-likeness (QED) is 0.731. The van der Waals surface area contributed by atoms with Crippen molar-refractivity contribution in [1.82, 2.24) is 5.32 Å². The van der Waals surface area contributed by atoms with E-state index in [1.54, 1.807) is 32.0 Å². The van der Waals surface area contributed by atoms with Crippen molar-refractivity contribution in [2.75, 3.05) is 4.90 Å². The summed E-state index contributed by atoms with van der Waals surface area (Å²) in [5.74, 6) is 0.211. The molecule has 0 spiro atoms. The number of rotatable bonds is 1. The smallest absolute Gasteiger partial charge is 0.325 e. The molecule has 2 N–H and O–H groups in total. The van der Waals surface area contributed by atoms with Gasteiger partial charge >= 0.3 is 6.03 Å². The topological polar surface area (TPSA) is 60.6 Å². The lowest BCUT2D eigenvalue weighted by molar-refractivity contribution is 0.249. The minimum absolute atomic E-state index is 0.211. The Labute approximate surface area is 106 Å². The summed E-state index contributed by atoms with van der Waals surface area (Å²) in [7, 11) is 0. The molecule has 0 saturated carbocycles. The summed E-state index contributed by atoms with van der Waals surface area (Å²) in [5.41, 5.74) is 1.31. The minimum Gasteiger partial charge on any atom is -0.325 e. The van der Waals surface area contributed by atoms with E-state index in [-0.39, 0.29) is 11.9 Å². The van der Waals surface area contributed by atoms with Gasteiger partial charge in [0.1, 0.15) is 5.84 Å². The molecular weight excluding hydrogens is 228 g/mol. The number of urea groups is 1. The Balaban J connectivity index is 2.45. The molecule has 5 nitrogen and oxygen atoms in total. The molecule has 18 heavy (non-hydrogen) atoms. The lowest BCUT2D eigenvalue weighted by Gasteiger charge is -2.19. The van der Waals surface area contributed by atoms with E-state index in [9.17, 15) is 4.79 Å².